The summed E-state index contributed by atoms with van der Waals surface area (Å²) in [6, 6.07) is 11.4. The Morgan fingerprint density at radius 2 is 1.79 bits per heavy atom. The van der Waals surface area contributed by atoms with Gasteiger partial charge in [0.2, 0.25) is 0 Å². The summed E-state index contributed by atoms with van der Waals surface area (Å²) in [5.74, 6) is 1.28. The third-order valence-corrected chi connectivity index (χ3v) is 4.69. The van der Waals surface area contributed by atoms with Crippen LogP contribution >= 0.6 is 11.8 Å². The highest BCUT2D eigenvalue weighted by Crippen LogP contribution is 2.27. The Labute approximate surface area is 123 Å². The van der Waals surface area contributed by atoms with Crippen molar-refractivity contribution in [1.29, 1.82) is 0 Å². The van der Waals surface area contributed by atoms with Crippen LogP contribution in [0.1, 0.15) is 58.1 Å². The normalized spacial score (nSPS) is 14.3. The molecule has 2 heteroatoms. The lowest BCUT2D eigenvalue weighted by molar-refractivity contribution is 0.527. The van der Waals surface area contributed by atoms with Gasteiger partial charge in [-0.1, -0.05) is 63.9 Å². The Bertz CT molecular complexity index is 312. The fourth-order valence-electron chi connectivity index (χ4n) is 2.23. The third kappa shape index (κ3) is 6.49. The average Bonchev–Trinajstić information content (AvgIpc) is 2.45. The van der Waals surface area contributed by atoms with Crippen molar-refractivity contribution >= 4 is 11.8 Å². The first kappa shape index (κ1) is 16.6. The van der Waals surface area contributed by atoms with Gasteiger partial charge in [-0.15, -0.1) is 0 Å². The number of hydrogen-bond acceptors (Lipinski definition) is 2. The summed E-state index contributed by atoms with van der Waals surface area (Å²) >= 11 is 2.11. The molecular formula is C17H29NS. The smallest absolute Gasteiger partial charge is 0.0437 e. The summed E-state index contributed by atoms with van der Waals surface area (Å²) in [7, 11) is 0. The Kier molecular flexibility index (Phi) is 9.02. The van der Waals surface area contributed by atoms with Gasteiger partial charge in [-0.25, -0.2) is 0 Å². The monoisotopic (exact) mass is 279 g/mol. The zero-order chi connectivity index (χ0) is 13.9. The predicted octanol–water partition coefficient (Wildman–Crippen LogP) is 5.04. The van der Waals surface area contributed by atoms with Crippen LogP contribution in [0.2, 0.25) is 0 Å². The van der Waals surface area contributed by atoms with Gasteiger partial charge < -0.3 is 5.32 Å². The molecule has 0 spiro atoms. The molecule has 19 heavy (non-hydrogen) atoms. The van der Waals surface area contributed by atoms with Gasteiger partial charge in [0.05, 0.1) is 0 Å². The molecule has 0 aliphatic carbocycles. The van der Waals surface area contributed by atoms with Crippen molar-refractivity contribution in [2.24, 2.45) is 0 Å². The van der Waals surface area contributed by atoms with Crippen LogP contribution in [0.5, 0.6) is 0 Å². The second kappa shape index (κ2) is 10.3. The SMILES string of the molecule is CCCCCSC(C)C(NCCC)c1ccccc1. The van der Waals surface area contributed by atoms with Crippen LogP contribution in [0.15, 0.2) is 30.3 Å². The highest BCUT2D eigenvalue weighted by molar-refractivity contribution is 7.99. The van der Waals surface area contributed by atoms with Crippen LogP contribution < -0.4 is 5.32 Å². The van der Waals surface area contributed by atoms with Crippen molar-refractivity contribution in [3.8, 4) is 0 Å². The molecular weight excluding hydrogens is 250 g/mol. The van der Waals surface area contributed by atoms with Crippen molar-refractivity contribution < 1.29 is 0 Å². The standard InChI is InChI=1S/C17H29NS/c1-4-6-10-14-19-15(3)17(18-13-5-2)16-11-8-7-9-12-16/h7-9,11-12,15,17-18H,4-6,10,13-14H2,1-3H3. The van der Waals surface area contributed by atoms with E-state index in [0.717, 1.165) is 6.54 Å². The van der Waals surface area contributed by atoms with Crippen molar-refractivity contribution in [2.75, 3.05) is 12.3 Å². The van der Waals surface area contributed by atoms with E-state index in [4.69, 9.17) is 0 Å². The zero-order valence-electron chi connectivity index (χ0n) is 12.7. The van der Waals surface area contributed by atoms with Crippen LogP contribution in [0, 0.1) is 0 Å². The maximum atomic E-state index is 3.71. The van der Waals surface area contributed by atoms with E-state index < -0.39 is 0 Å². The molecule has 1 N–H and O–H groups in total. The molecule has 2 atom stereocenters. The van der Waals surface area contributed by atoms with Crippen molar-refractivity contribution in [1.82, 2.24) is 5.32 Å². The van der Waals surface area contributed by atoms with E-state index in [1.54, 1.807) is 0 Å². The molecule has 0 aliphatic rings. The molecule has 2 unspecified atom stereocenters. The lowest BCUT2D eigenvalue weighted by atomic mass is 10.0. The van der Waals surface area contributed by atoms with Crippen LogP contribution in [0.3, 0.4) is 0 Å². The minimum absolute atomic E-state index is 0.479. The minimum Gasteiger partial charge on any atom is -0.309 e. The summed E-state index contributed by atoms with van der Waals surface area (Å²) in [4.78, 5) is 0. The molecule has 1 nitrogen and oxygen atoms in total. The number of nitrogens with one attached hydrogen (secondary N) is 1. The Hall–Kier alpha value is -0.470. The van der Waals surface area contributed by atoms with Crippen LogP contribution in [-0.4, -0.2) is 17.5 Å². The molecule has 0 aromatic heterocycles. The Morgan fingerprint density at radius 1 is 1.05 bits per heavy atom. The van der Waals surface area contributed by atoms with E-state index in [9.17, 15) is 0 Å². The average molecular weight is 279 g/mol. The summed E-state index contributed by atoms with van der Waals surface area (Å²) in [6.07, 6.45) is 5.21. The maximum Gasteiger partial charge on any atom is 0.0437 e. The van der Waals surface area contributed by atoms with E-state index in [2.05, 4.69) is 68.2 Å². The molecule has 0 saturated carbocycles. The van der Waals surface area contributed by atoms with Crippen LogP contribution in [0.4, 0.5) is 0 Å². The number of unbranched alkanes of at least 4 members (excludes halogenated alkanes) is 2. The molecule has 0 amide bonds. The Morgan fingerprint density at radius 3 is 2.42 bits per heavy atom. The Balaban J connectivity index is 2.53. The molecule has 0 fully saturated rings. The molecule has 108 valence electrons. The third-order valence-electron chi connectivity index (χ3n) is 3.37. The molecule has 1 aromatic rings. The van der Waals surface area contributed by atoms with E-state index in [-0.39, 0.29) is 0 Å². The lowest BCUT2D eigenvalue weighted by Gasteiger charge is -2.25. The summed E-state index contributed by atoms with van der Waals surface area (Å²) in [6.45, 7) is 7.95. The van der Waals surface area contributed by atoms with Gasteiger partial charge in [0.25, 0.3) is 0 Å². The van der Waals surface area contributed by atoms with Gasteiger partial charge in [-0.2, -0.15) is 11.8 Å². The molecule has 1 aromatic carbocycles. The minimum atomic E-state index is 0.479. The predicted molar refractivity (Wildman–Crippen MR) is 88.9 cm³/mol. The number of benzene rings is 1. The molecule has 0 aliphatic heterocycles. The fraction of sp³-hybridized carbons (Fsp3) is 0.647. The topological polar surface area (TPSA) is 12.0 Å². The number of thioether (sulfide) groups is 1. The van der Waals surface area contributed by atoms with E-state index in [0.29, 0.717) is 11.3 Å². The second-order valence-electron chi connectivity index (χ2n) is 5.13. The number of rotatable bonds is 10. The van der Waals surface area contributed by atoms with Crippen LogP contribution in [0.25, 0.3) is 0 Å². The van der Waals surface area contributed by atoms with Gasteiger partial charge in [0.1, 0.15) is 0 Å². The lowest BCUT2D eigenvalue weighted by Crippen LogP contribution is -2.29. The van der Waals surface area contributed by atoms with Gasteiger partial charge >= 0.3 is 0 Å². The summed E-state index contributed by atoms with van der Waals surface area (Å²) < 4.78 is 0. The van der Waals surface area contributed by atoms with E-state index >= 15 is 0 Å². The van der Waals surface area contributed by atoms with Gasteiger partial charge in [0, 0.05) is 11.3 Å². The largest absolute Gasteiger partial charge is 0.309 e. The van der Waals surface area contributed by atoms with Crippen molar-refractivity contribution in [3.05, 3.63) is 35.9 Å². The maximum absolute atomic E-state index is 3.71. The molecule has 0 bridgehead atoms. The summed E-state index contributed by atoms with van der Waals surface area (Å²) in [5, 5.41) is 4.34. The summed E-state index contributed by atoms with van der Waals surface area (Å²) in [5.41, 5.74) is 1.42. The van der Waals surface area contributed by atoms with Crippen molar-refractivity contribution in [2.45, 2.75) is 57.7 Å². The van der Waals surface area contributed by atoms with Gasteiger partial charge in [-0.05, 0) is 30.7 Å². The van der Waals surface area contributed by atoms with Gasteiger partial charge in [0.15, 0.2) is 0 Å². The zero-order valence-corrected chi connectivity index (χ0v) is 13.5. The molecule has 0 radical (unpaired) electrons. The fourth-order valence-corrected chi connectivity index (χ4v) is 3.42. The first-order valence-corrected chi connectivity index (χ1v) is 8.74. The molecule has 1 rings (SSSR count). The van der Waals surface area contributed by atoms with E-state index in [1.165, 1.54) is 37.0 Å². The van der Waals surface area contributed by atoms with Crippen molar-refractivity contribution in [3.63, 3.8) is 0 Å². The van der Waals surface area contributed by atoms with Crippen LogP contribution in [-0.2, 0) is 0 Å². The van der Waals surface area contributed by atoms with E-state index in [1.807, 2.05) is 0 Å². The first-order chi connectivity index (χ1) is 9.29. The highest BCUT2D eigenvalue weighted by atomic mass is 32.2. The molecule has 0 saturated heterocycles. The number of hydrogen-bond donors (Lipinski definition) is 1. The second-order valence-corrected chi connectivity index (χ2v) is 6.61. The quantitative estimate of drug-likeness (QED) is 0.602. The first-order valence-electron chi connectivity index (χ1n) is 7.69. The molecule has 0 heterocycles. The van der Waals surface area contributed by atoms with Gasteiger partial charge in [-0.3, -0.25) is 0 Å². The highest BCUT2D eigenvalue weighted by Gasteiger charge is 2.18.